The molecule has 3 nitrogen and oxygen atoms in total. The summed E-state index contributed by atoms with van der Waals surface area (Å²) < 4.78 is 1.88. The molecule has 0 bridgehead atoms. The standard InChI is InChI=1S/C9H13N3/c1-9(2,3)8-11-5-7-12(8)6-4-10/h5,7H,6H2,1-3H3. The first-order valence-electron chi connectivity index (χ1n) is 3.94. The monoisotopic (exact) mass is 163 g/mol. The van der Waals surface area contributed by atoms with Crippen LogP contribution in [0.15, 0.2) is 12.4 Å². The molecule has 0 unspecified atom stereocenters. The average molecular weight is 163 g/mol. The summed E-state index contributed by atoms with van der Waals surface area (Å²) in [5.74, 6) is 0.962. The van der Waals surface area contributed by atoms with Gasteiger partial charge in [0, 0.05) is 17.8 Å². The van der Waals surface area contributed by atoms with Crippen LogP contribution in [0, 0.1) is 11.3 Å². The van der Waals surface area contributed by atoms with E-state index in [-0.39, 0.29) is 5.41 Å². The van der Waals surface area contributed by atoms with Crippen molar-refractivity contribution >= 4 is 0 Å². The second-order valence-corrected chi connectivity index (χ2v) is 3.79. The maximum Gasteiger partial charge on any atom is 0.114 e. The highest BCUT2D eigenvalue weighted by molar-refractivity contribution is 5.05. The number of aromatic nitrogens is 2. The SMILES string of the molecule is CC(C)(C)c1nccn1CC#N. The first kappa shape index (κ1) is 8.79. The Hall–Kier alpha value is -1.30. The Morgan fingerprint density at radius 2 is 2.25 bits per heavy atom. The molecule has 0 saturated carbocycles. The van der Waals surface area contributed by atoms with E-state index < -0.39 is 0 Å². The maximum absolute atomic E-state index is 8.53. The van der Waals surface area contributed by atoms with Gasteiger partial charge in [-0.1, -0.05) is 20.8 Å². The lowest BCUT2D eigenvalue weighted by molar-refractivity contribution is 0.515. The second kappa shape index (κ2) is 2.98. The van der Waals surface area contributed by atoms with Crippen LogP contribution in [0.5, 0.6) is 0 Å². The van der Waals surface area contributed by atoms with Crippen LogP contribution in [0.1, 0.15) is 26.6 Å². The molecule has 64 valence electrons. The molecule has 0 aliphatic carbocycles. The zero-order chi connectivity index (χ0) is 9.19. The van der Waals surface area contributed by atoms with Crippen molar-refractivity contribution in [2.24, 2.45) is 0 Å². The fraction of sp³-hybridized carbons (Fsp3) is 0.556. The lowest BCUT2D eigenvalue weighted by Gasteiger charge is -2.18. The van der Waals surface area contributed by atoms with Crippen LogP contribution < -0.4 is 0 Å². The molecule has 0 radical (unpaired) electrons. The predicted octanol–water partition coefficient (Wildman–Crippen LogP) is 1.70. The topological polar surface area (TPSA) is 41.6 Å². The second-order valence-electron chi connectivity index (χ2n) is 3.79. The van der Waals surface area contributed by atoms with Crippen molar-refractivity contribution in [1.29, 1.82) is 5.26 Å². The smallest absolute Gasteiger partial charge is 0.114 e. The molecule has 0 aliphatic rings. The van der Waals surface area contributed by atoms with Gasteiger partial charge < -0.3 is 4.57 Å². The molecule has 0 saturated heterocycles. The summed E-state index contributed by atoms with van der Waals surface area (Å²) in [6, 6.07) is 2.11. The van der Waals surface area contributed by atoms with Crippen LogP contribution in [-0.4, -0.2) is 9.55 Å². The molecule has 0 amide bonds. The van der Waals surface area contributed by atoms with Crippen molar-refractivity contribution in [3.63, 3.8) is 0 Å². The third-order valence-electron chi connectivity index (χ3n) is 1.63. The summed E-state index contributed by atoms with van der Waals surface area (Å²) in [6.45, 7) is 6.64. The van der Waals surface area contributed by atoms with Crippen LogP contribution in [0.25, 0.3) is 0 Å². The number of rotatable bonds is 1. The molecule has 1 aromatic heterocycles. The maximum atomic E-state index is 8.53. The Labute approximate surface area is 72.7 Å². The number of hydrogen-bond acceptors (Lipinski definition) is 2. The van der Waals surface area contributed by atoms with E-state index in [2.05, 4.69) is 31.8 Å². The molecule has 0 aromatic carbocycles. The molecule has 0 fully saturated rings. The average Bonchev–Trinajstić information content (AvgIpc) is 2.34. The largest absolute Gasteiger partial charge is 0.321 e. The van der Waals surface area contributed by atoms with E-state index in [1.807, 2.05) is 10.8 Å². The van der Waals surface area contributed by atoms with Gasteiger partial charge in [0.25, 0.3) is 0 Å². The molecule has 1 rings (SSSR count). The minimum atomic E-state index is 0.0142. The highest BCUT2D eigenvalue weighted by atomic mass is 15.1. The van der Waals surface area contributed by atoms with Crippen LogP contribution in [0.4, 0.5) is 0 Å². The van der Waals surface area contributed by atoms with Gasteiger partial charge in [0.1, 0.15) is 12.4 Å². The summed E-state index contributed by atoms with van der Waals surface area (Å²) in [6.07, 6.45) is 3.57. The Balaban J connectivity index is 3.01. The Morgan fingerprint density at radius 1 is 1.58 bits per heavy atom. The fourth-order valence-corrected chi connectivity index (χ4v) is 1.16. The fourth-order valence-electron chi connectivity index (χ4n) is 1.16. The molecule has 0 spiro atoms. The molecule has 1 aromatic rings. The van der Waals surface area contributed by atoms with Crippen molar-refractivity contribution in [2.45, 2.75) is 32.7 Å². The highest BCUT2D eigenvalue weighted by Gasteiger charge is 2.18. The van der Waals surface area contributed by atoms with Gasteiger partial charge in [-0.3, -0.25) is 0 Å². The zero-order valence-electron chi connectivity index (χ0n) is 7.70. The lowest BCUT2D eigenvalue weighted by atomic mass is 9.96. The molecule has 12 heavy (non-hydrogen) atoms. The van der Waals surface area contributed by atoms with Gasteiger partial charge in [0.2, 0.25) is 0 Å². The summed E-state index contributed by atoms with van der Waals surface area (Å²) in [7, 11) is 0. The predicted molar refractivity (Wildman–Crippen MR) is 46.5 cm³/mol. The minimum absolute atomic E-state index is 0.0142. The van der Waals surface area contributed by atoms with Gasteiger partial charge in [-0.2, -0.15) is 5.26 Å². The van der Waals surface area contributed by atoms with Crippen molar-refractivity contribution in [3.8, 4) is 6.07 Å². The van der Waals surface area contributed by atoms with Crippen LogP contribution in [-0.2, 0) is 12.0 Å². The summed E-state index contributed by atoms with van der Waals surface area (Å²) in [5, 5.41) is 8.53. The van der Waals surface area contributed by atoms with Crippen LogP contribution in [0.3, 0.4) is 0 Å². The Morgan fingerprint density at radius 3 is 2.75 bits per heavy atom. The first-order chi connectivity index (χ1) is 5.55. The third-order valence-corrected chi connectivity index (χ3v) is 1.63. The summed E-state index contributed by atoms with van der Waals surface area (Å²) in [4.78, 5) is 4.22. The van der Waals surface area contributed by atoms with Crippen molar-refractivity contribution < 1.29 is 0 Å². The zero-order valence-corrected chi connectivity index (χ0v) is 7.70. The van der Waals surface area contributed by atoms with E-state index in [1.54, 1.807) is 6.20 Å². The summed E-state index contributed by atoms with van der Waals surface area (Å²) >= 11 is 0. The Bertz CT molecular complexity index is 298. The van der Waals surface area contributed by atoms with Gasteiger partial charge >= 0.3 is 0 Å². The van der Waals surface area contributed by atoms with Gasteiger partial charge in [0.05, 0.1) is 6.07 Å². The molecule has 3 heteroatoms. The molecule has 0 aliphatic heterocycles. The van der Waals surface area contributed by atoms with E-state index in [4.69, 9.17) is 5.26 Å². The van der Waals surface area contributed by atoms with Gasteiger partial charge in [-0.05, 0) is 0 Å². The van der Waals surface area contributed by atoms with Gasteiger partial charge in [-0.15, -0.1) is 0 Å². The van der Waals surface area contributed by atoms with Crippen molar-refractivity contribution in [2.75, 3.05) is 0 Å². The number of nitriles is 1. The van der Waals surface area contributed by atoms with Crippen LogP contribution in [0.2, 0.25) is 0 Å². The molecule has 1 heterocycles. The van der Waals surface area contributed by atoms with Gasteiger partial charge in [0.15, 0.2) is 0 Å². The van der Waals surface area contributed by atoms with E-state index in [0.29, 0.717) is 6.54 Å². The number of imidazole rings is 1. The van der Waals surface area contributed by atoms with Gasteiger partial charge in [-0.25, -0.2) is 4.98 Å². The minimum Gasteiger partial charge on any atom is -0.321 e. The summed E-state index contributed by atoms with van der Waals surface area (Å²) in [5.41, 5.74) is 0.0142. The quantitative estimate of drug-likeness (QED) is 0.632. The third kappa shape index (κ3) is 1.65. The van der Waals surface area contributed by atoms with Crippen molar-refractivity contribution in [1.82, 2.24) is 9.55 Å². The van der Waals surface area contributed by atoms with E-state index in [0.717, 1.165) is 5.82 Å². The highest BCUT2D eigenvalue weighted by Crippen LogP contribution is 2.19. The molecule has 0 atom stereocenters. The molecule has 0 N–H and O–H groups in total. The van der Waals surface area contributed by atoms with E-state index >= 15 is 0 Å². The number of hydrogen-bond donors (Lipinski definition) is 0. The molecular weight excluding hydrogens is 150 g/mol. The number of nitrogens with zero attached hydrogens (tertiary/aromatic N) is 3. The molecular formula is C9H13N3. The van der Waals surface area contributed by atoms with Crippen molar-refractivity contribution in [3.05, 3.63) is 18.2 Å². The Kier molecular flexibility index (Phi) is 2.18. The first-order valence-corrected chi connectivity index (χ1v) is 3.94. The lowest BCUT2D eigenvalue weighted by Crippen LogP contribution is -2.18. The normalized spacial score (nSPS) is 11.2. The van der Waals surface area contributed by atoms with E-state index in [1.165, 1.54) is 0 Å². The van der Waals surface area contributed by atoms with E-state index in [9.17, 15) is 0 Å². The van der Waals surface area contributed by atoms with Crippen LogP contribution >= 0.6 is 0 Å².